The smallest absolute Gasteiger partial charge is 0.337 e. The number of hydrogen-bond acceptors (Lipinski definition) is 3. The molecule has 0 saturated carbocycles. The minimum atomic E-state index is -2.99. The van der Waals surface area contributed by atoms with E-state index in [0.717, 1.165) is 6.07 Å². The Morgan fingerprint density at radius 1 is 1.67 bits per heavy atom. The van der Waals surface area contributed by atoms with Gasteiger partial charge in [0, 0.05) is 12.1 Å². The average Bonchev–Trinajstić information content (AvgIpc) is 2.16. The van der Waals surface area contributed by atoms with E-state index < -0.39 is 23.7 Å². The Kier molecular flexibility index (Phi) is 3.54. The monoisotopic (exact) mass is 236 g/mol. The van der Waals surface area contributed by atoms with Gasteiger partial charge in [0.25, 0.3) is 6.43 Å². The number of alkyl halides is 2. The molecule has 0 atom stereocenters. The van der Waals surface area contributed by atoms with Crippen molar-refractivity contribution in [3.05, 3.63) is 28.0 Å². The highest BCUT2D eigenvalue weighted by Crippen LogP contribution is 2.25. The molecule has 0 aliphatic carbocycles. The van der Waals surface area contributed by atoms with Crippen LogP contribution in [-0.2, 0) is 6.54 Å². The number of nitrogens with two attached hydrogens (primary N) is 1. The zero-order valence-corrected chi connectivity index (χ0v) is 8.13. The lowest BCUT2D eigenvalue weighted by Crippen LogP contribution is -2.09. The van der Waals surface area contributed by atoms with Crippen LogP contribution in [0, 0.1) is 0 Å². The summed E-state index contributed by atoms with van der Waals surface area (Å²) in [6.45, 7) is -0.0599. The Balaban J connectivity index is 3.39. The molecular formula is C8H7ClF2N2O2. The highest BCUT2D eigenvalue weighted by Gasteiger charge is 2.21. The number of aromatic carboxylic acids is 1. The van der Waals surface area contributed by atoms with Crippen molar-refractivity contribution < 1.29 is 18.7 Å². The maximum atomic E-state index is 12.4. The van der Waals surface area contributed by atoms with Crippen molar-refractivity contribution in [3.8, 4) is 0 Å². The van der Waals surface area contributed by atoms with Crippen molar-refractivity contribution in [3.63, 3.8) is 0 Å². The molecule has 4 nitrogen and oxygen atoms in total. The van der Waals surface area contributed by atoms with Crippen LogP contribution in [0.15, 0.2) is 6.07 Å². The maximum Gasteiger partial charge on any atom is 0.337 e. The second kappa shape index (κ2) is 4.50. The van der Waals surface area contributed by atoms with Crippen molar-refractivity contribution in [1.29, 1.82) is 0 Å². The molecular weight excluding hydrogens is 230 g/mol. The first-order chi connectivity index (χ1) is 6.97. The predicted molar refractivity (Wildman–Crippen MR) is 49.1 cm³/mol. The van der Waals surface area contributed by atoms with E-state index in [2.05, 4.69) is 4.98 Å². The van der Waals surface area contributed by atoms with Crippen molar-refractivity contribution >= 4 is 17.6 Å². The van der Waals surface area contributed by atoms with Crippen LogP contribution in [-0.4, -0.2) is 16.1 Å². The number of carbonyl (C=O) groups is 1. The van der Waals surface area contributed by atoms with Crippen molar-refractivity contribution in [2.75, 3.05) is 0 Å². The van der Waals surface area contributed by atoms with Gasteiger partial charge in [-0.1, -0.05) is 11.6 Å². The maximum absolute atomic E-state index is 12.4. The summed E-state index contributed by atoms with van der Waals surface area (Å²) in [7, 11) is 0. The molecule has 1 aromatic rings. The van der Waals surface area contributed by atoms with E-state index in [1.54, 1.807) is 0 Å². The van der Waals surface area contributed by atoms with E-state index in [4.69, 9.17) is 22.4 Å². The number of nitrogens with zero attached hydrogens (tertiary/aromatic N) is 1. The minimum Gasteiger partial charge on any atom is -0.478 e. The Morgan fingerprint density at radius 3 is 2.67 bits per heavy atom. The SMILES string of the molecule is NCc1cc(C(=O)O)c(C(F)F)nc1Cl. The summed E-state index contributed by atoms with van der Waals surface area (Å²) < 4.78 is 24.8. The standard InChI is InChI=1S/C8H7ClF2N2O2/c9-6-3(2-12)1-4(8(14)15)5(13-6)7(10)11/h1,7H,2,12H2,(H,14,15). The molecule has 1 aromatic heterocycles. The van der Waals surface area contributed by atoms with E-state index in [1.807, 2.05) is 0 Å². The lowest BCUT2D eigenvalue weighted by Gasteiger charge is -2.07. The molecule has 7 heteroatoms. The second-order valence-electron chi connectivity index (χ2n) is 2.68. The number of pyridine rings is 1. The first-order valence-electron chi connectivity index (χ1n) is 3.88. The Hall–Kier alpha value is -1.27. The van der Waals surface area contributed by atoms with Crippen molar-refractivity contribution in [2.24, 2.45) is 5.73 Å². The molecule has 1 rings (SSSR count). The van der Waals surface area contributed by atoms with Gasteiger partial charge >= 0.3 is 5.97 Å². The predicted octanol–water partition coefficient (Wildman–Crippen LogP) is 1.83. The summed E-state index contributed by atoms with van der Waals surface area (Å²) in [6.07, 6.45) is -2.99. The van der Waals surface area contributed by atoms with Crippen LogP contribution < -0.4 is 5.73 Å². The molecule has 1 heterocycles. The van der Waals surface area contributed by atoms with Crippen LogP contribution in [0.3, 0.4) is 0 Å². The van der Waals surface area contributed by atoms with E-state index in [1.165, 1.54) is 0 Å². The van der Waals surface area contributed by atoms with Gasteiger partial charge in [-0.25, -0.2) is 18.6 Å². The summed E-state index contributed by atoms with van der Waals surface area (Å²) in [6, 6.07) is 1.01. The lowest BCUT2D eigenvalue weighted by molar-refractivity contribution is 0.0682. The van der Waals surface area contributed by atoms with Crippen LogP contribution in [0.4, 0.5) is 8.78 Å². The van der Waals surface area contributed by atoms with E-state index in [-0.39, 0.29) is 17.3 Å². The quantitative estimate of drug-likeness (QED) is 0.785. The van der Waals surface area contributed by atoms with Gasteiger partial charge in [0.05, 0.1) is 5.56 Å². The first kappa shape index (κ1) is 11.8. The highest BCUT2D eigenvalue weighted by atomic mass is 35.5. The van der Waals surface area contributed by atoms with Crippen LogP contribution in [0.25, 0.3) is 0 Å². The number of halogens is 3. The van der Waals surface area contributed by atoms with Crippen LogP contribution in [0.2, 0.25) is 5.15 Å². The fourth-order valence-electron chi connectivity index (χ4n) is 1.03. The van der Waals surface area contributed by atoms with Crippen LogP contribution >= 0.6 is 11.6 Å². The normalized spacial score (nSPS) is 10.7. The molecule has 0 amide bonds. The third kappa shape index (κ3) is 2.40. The van der Waals surface area contributed by atoms with E-state index in [0.29, 0.717) is 0 Å². The number of hydrogen-bond donors (Lipinski definition) is 2. The molecule has 0 saturated heterocycles. The van der Waals surface area contributed by atoms with Gasteiger partial charge in [0.15, 0.2) is 0 Å². The Labute approximate surface area is 88.7 Å². The van der Waals surface area contributed by atoms with Gasteiger partial charge in [-0.3, -0.25) is 0 Å². The average molecular weight is 237 g/mol. The van der Waals surface area contributed by atoms with Gasteiger partial charge in [-0.15, -0.1) is 0 Å². The molecule has 3 N–H and O–H groups in total. The fraction of sp³-hybridized carbons (Fsp3) is 0.250. The molecule has 0 unspecified atom stereocenters. The number of carboxylic acids is 1. The number of carboxylic acid groups (broad SMARTS) is 1. The number of aromatic nitrogens is 1. The molecule has 0 spiro atoms. The van der Waals surface area contributed by atoms with Gasteiger partial charge in [-0.2, -0.15) is 0 Å². The van der Waals surface area contributed by atoms with E-state index >= 15 is 0 Å². The topological polar surface area (TPSA) is 76.2 Å². The number of rotatable bonds is 3. The van der Waals surface area contributed by atoms with Gasteiger partial charge < -0.3 is 10.8 Å². The fourth-order valence-corrected chi connectivity index (χ4v) is 1.25. The van der Waals surface area contributed by atoms with Gasteiger partial charge in [0.2, 0.25) is 0 Å². The molecule has 0 aliphatic rings. The Bertz CT molecular complexity index is 398. The van der Waals surface area contributed by atoms with Gasteiger partial charge in [-0.05, 0) is 6.07 Å². The molecule has 0 radical (unpaired) electrons. The molecule has 15 heavy (non-hydrogen) atoms. The summed E-state index contributed by atoms with van der Waals surface area (Å²) in [4.78, 5) is 14.0. The second-order valence-corrected chi connectivity index (χ2v) is 3.04. The molecule has 82 valence electrons. The van der Waals surface area contributed by atoms with Gasteiger partial charge in [0.1, 0.15) is 10.8 Å². The molecule has 0 aromatic carbocycles. The van der Waals surface area contributed by atoms with Crippen molar-refractivity contribution in [1.82, 2.24) is 4.98 Å². The summed E-state index contributed by atoms with van der Waals surface area (Å²) in [5.41, 5.74) is 4.04. The van der Waals surface area contributed by atoms with Crippen LogP contribution in [0.1, 0.15) is 28.0 Å². The summed E-state index contributed by atoms with van der Waals surface area (Å²) in [5, 5.41) is 8.47. The summed E-state index contributed by atoms with van der Waals surface area (Å²) in [5.74, 6) is -1.48. The largest absolute Gasteiger partial charge is 0.478 e. The summed E-state index contributed by atoms with van der Waals surface area (Å²) >= 11 is 5.53. The highest BCUT2D eigenvalue weighted by molar-refractivity contribution is 6.30. The molecule has 0 fully saturated rings. The zero-order valence-electron chi connectivity index (χ0n) is 7.38. The Morgan fingerprint density at radius 2 is 2.27 bits per heavy atom. The zero-order chi connectivity index (χ0) is 11.6. The van der Waals surface area contributed by atoms with Crippen LogP contribution in [0.5, 0.6) is 0 Å². The molecule has 0 aliphatic heterocycles. The lowest BCUT2D eigenvalue weighted by atomic mass is 10.1. The minimum absolute atomic E-state index is 0.0599. The van der Waals surface area contributed by atoms with E-state index in [9.17, 15) is 13.6 Å². The molecule has 0 bridgehead atoms. The van der Waals surface area contributed by atoms with Crippen molar-refractivity contribution in [2.45, 2.75) is 13.0 Å². The third-order valence-electron chi connectivity index (χ3n) is 1.74. The first-order valence-corrected chi connectivity index (χ1v) is 4.26. The third-order valence-corrected chi connectivity index (χ3v) is 2.06.